The monoisotopic (exact) mass is 466 g/mol. The number of halogens is 4. The van der Waals surface area contributed by atoms with Gasteiger partial charge in [0.15, 0.2) is 23.3 Å². The number of nitrogens with zero attached hydrogens (tertiary/aromatic N) is 2. The highest BCUT2D eigenvalue weighted by atomic mass is 19.2. The fourth-order valence-electron chi connectivity index (χ4n) is 4.16. The van der Waals surface area contributed by atoms with Crippen LogP contribution in [0, 0.1) is 23.3 Å². The molecule has 5 rings (SSSR count). The van der Waals surface area contributed by atoms with Gasteiger partial charge in [-0.3, -0.25) is 0 Å². The average molecular weight is 466 g/mol. The fourth-order valence-corrected chi connectivity index (χ4v) is 4.16. The van der Waals surface area contributed by atoms with Gasteiger partial charge in [0.05, 0.1) is 22.5 Å². The lowest BCUT2D eigenvalue weighted by Gasteiger charge is -2.12. The normalized spacial score (nSPS) is 11.5. The molecule has 0 saturated heterocycles. The van der Waals surface area contributed by atoms with E-state index in [0.717, 1.165) is 11.4 Å². The van der Waals surface area contributed by atoms with Crippen LogP contribution >= 0.6 is 0 Å². The molecule has 2 heterocycles. The maximum Gasteiger partial charge on any atom is 0.172 e. The highest BCUT2D eigenvalue weighted by molar-refractivity contribution is 5.91. The smallest absolute Gasteiger partial charge is 0.172 e. The number of hydrogen-bond donors (Lipinski definition) is 2. The molecule has 2 aromatic heterocycles. The van der Waals surface area contributed by atoms with E-state index >= 15 is 17.6 Å². The lowest BCUT2D eigenvalue weighted by Crippen LogP contribution is -2.07. The molecule has 0 unspecified atom stereocenters. The number of fused-ring (bicyclic) bond motifs is 2. The van der Waals surface area contributed by atoms with Crippen LogP contribution in [0.5, 0.6) is 0 Å². The van der Waals surface area contributed by atoms with Gasteiger partial charge in [0, 0.05) is 61.4 Å². The van der Waals surface area contributed by atoms with Crippen molar-refractivity contribution in [3.63, 3.8) is 0 Å². The average Bonchev–Trinajstić information content (AvgIpc) is 3.40. The van der Waals surface area contributed by atoms with Crippen LogP contribution in [-0.2, 0) is 0 Å². The number of aromatic amines is 2. The summed E-state index contributed by atoms with van der Waals surface area (Å²) >= 11 is 0. The van der Waals surface area contributed by atoms with E-state index in [4.69, 9.17) is 0 Å². The summed E-state index contributed by atoms with van der Waals surface area (Å²) in [5, 5.41) is 1.33. The van der Waals surface area contributed by atoms with Crippen molar-refractivity contribution in [3.05, 3.63) is 71.8 Å². The van der Waals surface area contributed by atoms with E-state index in [2.05, 4.69) is 9.97 Å². The fraction of sp³-hybridized carbons (Fsp3) is 0.154. The zero-order chi connectivity index (χ0) is 24.3. The van der Waals surface area contributed by atoms with Crippen molar-refractivity contribution >= 4 is 33.2 Å². The van der Waals surface area contributed by atoms with E-state index < -0.39 is 34.4 Å². The topological polar surface area (TPSA) is 38.1 Å². The molecule has 0 aliphatic carbocycles. The highest BCUT2D eigenvalue weighted by Gasteiger charge is 2.29. The SMILES string of the molecule is CN(C)c1ccc2cc(-c3c(F)c(F)c(-c4cc5ccc(N(C)C)cc5[nH]4)c(F)c3F)[nH]c2c1. The molecule has 0 aliphatic heterocycles. The van der Waals surface area contributed by atoms with E-state index in [-0.39, 0.29) is 11.4 Å². The van der Waals surface area contributed by atoms with E-state index in [1.54, 1.807) is 24.3 Å². The molecule has 0 atom stereocenters. The van der Waals surface area contributed by atoms with Crippen LogP contribution in [-0.4, -0.2) is 38.2 Å². The second kappa shape index (κ2) is 7.83. The summed E-state index contributed by atoms with van der Waals surface area (Å²) < 4.78 is 60.8. The molecule has 0 fully saturated rings. The Bertz CT molecular complexity index is 1420. The molecule has 0 aliphatic rings. The van der Waals surface area contributed by atoms with Crippen molar-refractivity contribution < 1.29 is 17.6 Å². The quantitative estimate of drug-likeness (QED) is 0.229. The van der Waals surface area contributed by atoms with Crippen molar-refractivity contribution in [1.82, 2.24) is 9.97 Å². The summed E-state index contributed by atoms with van der Waals surface area (Å²) in [5.41, 5.74) is 1.29. The third-order valence-electron chi connectivity index (χ3n) is 6.05. The molecule has 0 bridgehead atoms. The number of hydrogen-bond acceptors (Lipinski definition) is 2. The van der Waals surface area contributed by atoms with Gasteiger partial charge in [-0.15, -0.1) is 0 Å². The van der Waals surface area contributed by atoms with Gasteiger partial charge >= 0.3 is 0 Å². The minimum absolute atomic E-state index is 0.0440. The standard InChI is InChI=1S/C26H22F4N4/c1-33(2)15-7-5-13-9-19(31-17(13)11-15)21-23(27)25(29)22(26(30)24(21)28)20-10-14-6-8-16(34(3)4)12-18(14)32-20/h5-12,31-32H,1-4H3. The first kappa shape index (κ1) is 21.9. The Kier molecular flexibility index (Phi) is 5.04. The maximum absolute atomic E-state index is 15.2. The molecule has 0 amide bonds. The number of aromatic nitrogens is 2. The van der Waals surface area contributed by atoms with E-state index in [9.17, 15) is 0 Å². The van der Waals surface area contributed by atoms with Gasteiger partial charge in [-0.05, 0) is 36.4 Å². The van der Waals surface area contributed by atoms with E-state index in [0.29, 0.717) is 21.8 Å². The van der Waals surface area contributed by atoms with Crippen LogP contribution in [0.1, 0.15) is 0 Å². The van der Waals surface area contributed by atoms with Crippen molar-refractivity contribution in [3.8, 4) is 22.5 Å². The Morgan fingerprint density at radius 1 is 0.529 bits per heavy atom. The second-order valence-electron chi connectivity index (χ2n) is 8.70. The van der Waals surface area contributed by atoms with Gasteiger partial charge in [-0.2, -0.15) is 0 Å². The summed E-state index contributed by atoms with van der Waals surface area (Å²) in [4.78, 5) is 9.52. The predicted molar refractivity (Wildman–Crippen MR) is 130 cm³/mol. The molecule has 174 valence electrons. The van der Waals surface area contributed by atoms with Crippen LogP contribution in [0.25, 0.3) is 44.3 Å². The third-order valence-corrected chi connectivity index (χ3v) is 6.05. The molecule has 4 nitrogen and oxygen atoms in total. The summed E-state index contributed by atoms with van der Waals surface area (Å²) in [6.45, 7) is 0. The lowest BCUT2D eigenvalue weighted by atomic mass is 10.0. The van der Waals surface area contributed by atoms with E-state index in [1.807, 2.05) is 50.1 Å². The van der Waals surface area contributed by atoms with Crippen LogP contribution in [0.3, 0.4) is 0 Å². The van der Waals surface area contributed by atoms with Crippen LogP contribution < -0.4 is 9.80 Å². The number of benzene rings is 3. The molecular formula is C26H22F4N4. The minimum atomic E-state index is -1.46. The first-order valence-corrected chi connectivity index (χ1v) is 10.6. The van der Waals surface area contributed by atoms with Crippen molar-refractivity contribution in [2.45, 2.75) is 0 Å². The largest absolute Gasteiger partial charge is 0.378 e. The van der Waals surface area contributed by atoms with Crippen molar-refractivity contribution in [1.29, 1.82) is 0 Å². The number of anilines is 2. The summed E-state index contributed by atoms with van der Waals surface area (Å²) in [7, 11) is 7.44. The Balaban J connectivity index is 1.66. The Labute approximate surface area is 193 Å². The Morgan fingerprint density at radius 2 is 0.882 bits per heavy atom. The molecular weight excluding hydrogens is 444 g/mol. The van der Waals surface area contributed by atoms with Crippen LogP contribution in [0.4, 0.5) is 28.9 Å². The maximum atomic E-state index is 15.2. The molecule has 0 radical (unpaired) electrons. The van der Waals surface area contributed by atoms with Crippen LogP contribution in [0.15, 0.2) is 48.5 Å². The zero-order valence-electron chi connectivity index (χ0n) is 19.0. The molecule has 0 saturated carbocycles. The van der Waals surface area contributed by atoms with Crippen molar-refractivity contribution in [2.24, 2.45) is 0 Å². The second-order valence-corrected chi connectivity index (χ2v) is 8.70. The summed E-state index contributed by atoms with van der Waals surface area (Å²) in [6, 6.07) is 13.8. The summed E-state index contributed by atoms with van der Waals surface area (Å²) in [5.74, 6) is -5.83. The molecule has 34 heavy (non-hydrogen) atoms. The molecule has 3 aromatic carbocycles. The van der Waals surface area contributed by atoms with Gasteiger partial charge in [0.2, 0.25) is 0 Å². The molecule has 0 spiro atoms. The first-order valence-electron chi connectivity index (χ1n) is 10.6. The molecule has 8 heteroatoms. The summed E-state index contributed by atoms with van der Waals surface area (Å²) in [6.07, 6.45) is 0. The van der Waals surface area contributed by atoms with Gasteiger partial charge < -0.3 is 19.8 Å². The van der Waals surface area contributed by atoms with Gasteiger partial charge in [0.25, 0.3) is 0 Å². The predicted octanol–water partition coefficient (Wildman–Crippen LogP) is 6.67. The first-order chi connectivity index (χ1) is 16.2. The number of H-pyrrole nitrogens is 2. The highest BCUT2D eigenvalue weighted by Crippen LogP contribution is 2.38. The van der Waals surface area contributed by atoms with Crippen LogP contribution in [0.2, 0.25) is 0 Å². The molecule has 2 N–H and O–H groups in total. The number of nitrogens with one attached hydrogen (secondary N) is 2. The minimum Gasteiger partial charge on any atom is -0.378 e. The number of rotatable bonds is 4. The zero-order valence-corrected chi connectivity index (χ0v) is 19.0. The van der Waals surface area contributed by atoms with E-state index in [1.165, 1.54) is 12.1 Å². The molecule has 5 aromatic rings. The third kappa shape index (κ3) is 3.37. The lowest BCUT2D eigenvalue weighted by molar-refractivity contribution is 0.462. The van der Waals surface area contributed by atoms with Gasteiger partial charge in [0.1, 0.15) is 0 Å². The Hall–Kier alpha value is -3.94. The Morgan fingerprint density at radius 3 is 1.21 bits per heavy atom. The van der Waals surface area contributed by atoms with Gasteiger partial charge in [-0.1, -0.05) is 12.1 Å². The van der Waals surface area contributed by atoms with Crippen molar-refractivity contribution in [2.75, 3.05) is 38.0 Å². The van der Waals surface area contributed by atoms with Gasteiger partial charge in [-0.25, -0.2) is 17.6 Å².